The molecule has 116 valence electrons. The predicted molar refractivity (Wildman–Crippen MR) is 83.9 cm³/mol. The zero-order valence-electron chi connectivity index (χ0n) is 13.0. The lowest BCUT2D eigenvalue weighted by Crippen LogP contribution is -2.48. The maximum Gasteiger partial charge on any atom is 0.318 e. The molecule has 2 N–H and O–H groups in total. The van der Waals surface area contributed by atoms with Gasteiger partial charge in [-0.3, -0.25) is 0 Å². The SMILES string of the molecule is CC1(C)CCCC1NC(=O)N(CCO)Cc1ccccc1. The summed E-state index contributed by atoms with van der Waals surface area (Å²) < 4.78 is 0. The molecule has 0 spiro atoms. The highest BCUT2D eigenvalue weighted by molar-refractivity contribution is 5.74. The Balaban J connectivity index is 1.99. The number of nitrogens with one attached hydrogen (secondary N) is 1. The van der Waals surface area contributed by atoms with Crippen molar-refractivity contribution in [2.24, 2.45) is 5.41 Å². The Labute approximate surface area is 127 Å². The average molecular weight is 290 g/mol. The largest absolute Gasteiger partial charge is 0.395 e. The number of aliphatic hydroxyl groups excluding tert-OH is 1. The van der Waals surface area contributed by atoms with Crippen LogP contribution in [0.5, 0.6) is 0 Å². The van der Waals surface area contributed by atoms with Crippen LogP contribution in [0.1, 0.15) is 38.7 Å². The van der Waals surface area contributed by atoms with Crippen LogP contribution in [-0.2, 0) is 6.54 Å². The fourth-order valence-electron chi connectivity index (χ4n) is 3.01. The van der Waals surface area contributed by atoms with E-state index in [2.05, 4.69) is 19.2 Å². The number of carbonyl (C=O) groups is 1. The molecule has 1 atom stereocenters. The molecule has 4 nitrogen and oxygen atoms in total. The van der Waals surface area contributed by atoms with E-state index in [0.717, 1.165) is 24.8 Å². The normalized spacial score (nSPS) is 20.2. The third kappa shape index (κ3) is 4.21. The summed E-state index contributed by atoms with van der Waals surface area (Å²) in [5, 5.41) is 12.4. The second-order valence-corrected chi connectivity index (χ2v) is 6.51. The molecule has 0 radical (unpaired) electrons. The Morgan fingerprint density at radius 2 is 2.10 bits per heavy atom. The predicted octanol–water partition coefficient (Wildman–Crippen LogP) is 2.77. The molecule has 0 aromatic heterocycles. The first-order valence-electron chi connectivity index (χ1n) is 7.73. The van der Waals surface area contributed by atoms with Crippen molar-refractivity contribution >= 4 is 6.03 Å². The molecule has 21 heavy (non-hydrogen) atoms. The van der Waals surface area contributed by atoms with Gasteiger partial charge in [0.15, 0.2) is 0 Å². The van der Waals surface area contributed by atoms with Gasteiger partial charge in [-0.2, -0.15) is 0 Å². The molecule has 1 aliphatic rings. The van der Waals surface area contributed by atoms with Gasteiger partial charge in [0, 0.05) is 19.1 Å². The fourth-order valence-corrected chi connectivity index (χ4v) is 3.01. The summed E-state index contributed by atoms with van der Waals surface area (Å²) in [6.45, 7) is 5.28. The van der Waals surface area contributed by atoms with Gasteiger partial charge in [-0.15, -0.1) is 0 Å². The Morgan fingerprint density at radius 1 is 1.38 bits per heavy atom. The van der Waals surface area contributed by atoms with Crippen LogP contribution < -0.4 is 5.32 Å². The van der Waals surface area contributed by atoms with E-state index in [-0.39, 0.29) is 24.1 Å². The van der Waals surface area contributed by atoms with Crippen molar-refractivity contribution in [1.82, 2.24) is 10.2 Å². The summed E-state index contributed by atoms with van der Waals surface area (Å²) in [6, 6.07) is 10.0. The lowest BCUT2D eigenvalue weighted by Gasteiger charge is -2.31. The van der Waals surface area contributed by atoms with Crippen LogP contribution in [0.25, 0.3) is 0 Å². The summed E-state index contributed by atoms with van der Waals surface area (Å²) >= 11 is 0. The third-order valence-electron chi connectivity index (χ3n) is 4.43. The van der Waals surface area contributed by atoms with Crippen LogP contribution in [-0.4, -0.2) is 35.2 Å². The number of carbonyl (C=O) groups excluding carboxylic acids is 1. The number of hydrogen-bond acceptors (Lipinski definition) is 2. The maximum atomic E-state index is 12.5. The van der Waals surface area contributed by atoms with Gasteiger partial charge in [-0.05, 0) is 23.8 Å². The van der Waals surface area contributed by atoms with Crippen LogP contribution in [0.2, 0.25) is 0 Å². The Bertz CT molecular complexity index is 459. The molecule has 4 heteroatoms. The lowest BCUT2D eigenvalue weighted by atomic mass is 9.87. The number of urea groups is 1. The van der Waals surface area contributed by atoms with Gasteiger partial charge in [0.2, 0.25) is 0 Å². The van der Waals surface area contributed by atoms with E-state index in [1.165, 1.54) is 0 Å². The highest BCUT2D eigenvalue weighted by Crippen LogP contribution is 2.37. The van der Waals surface area contributed by atoms with Gasteiger partial charge in [0.25, 0.3) is 0 Å². The van der Waals surface area contributed by atoms with E-state index in [1.54, 1.807) is 4.90 Å². The molecule has 1 aromatic carbocycles. The van der Waals surface area contributed by atoms with Crippen LogP contribution >= 0.6 is 0 Å². The van der Waals surface area contributed by atoms with Crippen LogP contribution in [0.3, 0.4) is 0 Å². The average Bonchev–Trinajstić information content (AvgIpc) is 2.78. The standard InChI is InChI=1S/C17H26N2O2/c1-17(2)10-6-9-15(17)18-16(21)19(11-12-20)13-14-7-4-3-5-8-14/h3-5,7-8,15,20H,6,9-13H2,1-2H3,(H,18,21). The number of aliphatic hydroxyl groups is 1. The molecule has 1 saturated carbocycles. The first-order valence-corrected chi connectivity index (χ1v) is 7.73. The van der Waals surface area contributed by atoms with Gasteiger partial charge in [-0.1, -0.05) is 50.6 Å². The molecule has 2 rings (SSSR count). The molecular formula is C17H26N2O2. The van der Waals surface area contributed by atoms with Crippen molar-refractivity contribution in [3.63, 3.8) is 0 Å². The molecule has 0 saturated heterocycles. The number of nitrogens with zero attached hydrogens (tertiary/aromatic N) is 1. The highest BCUT2D eigenvalue weighted by Gasteiger charge is 2.36. The zero-order valence-corrected chi connectivity index (χ0v) is 13.0. The lowest BCUT2D eigenvalue weighted by molar-refractivity contribution is 0.163. The van der Waals surface area contributed by atoms with E-state index in [0.29, 0.717) is 13.1 Å². The molecule has 1 aliphatic carbocycles. The van der Waals surface area contributed by atoms with Crippen molar-refractivity contribution in [2.75, 3.05) is 13.2 Å². The van der Waals surface area contributed by atoms with E-state index in [9.17, 15) is 9.90 Å². The molecule has 0 heterocycles. The van der Waals surface area contributed by atoms with E-state index < -0.39 is 0 Å². The molecule has 2 amide bonds. The highest BCUT2D eigenvalue weighted by atomic mass is 16.3. The molecule has 1 aromatic rings. The van der Waals surface area contributed by atoms with Crippen molar-refractivity contribution in [3.05, 3.63) is 35.9 Å². The third-order valence-corrected chi connectivity index (χ3v) is 4.43. The number of benzene rings is 1. The minimum atomic E-state index is -0.0760. The van der Waals surface area contributed by atoms with Crippen molar-refractivity contribution in [3.8, 4) is 0 Å². The minimum absolute atomic E-state index is 0.0195. The van der Waals surface area contributed by atoms with Crippen molar-refractivity contribution in [2.45, 2.75) is 45.7 Å². The summed E-state index contributed by atoms with van der Waals surface area (Å²) in [4.78, 5) is 14.2. The smallest absolute Gasteiger partial charge is 0.318 e. The fraction of sp³-hybridized carbons (Fsp3) is 0.588. The summed E-state index contributed by atoms with van der Waals surface area (Å²) in [6.07, 6.45) is 3.35. The number of hydrogen-bond donors (Lipinski definition) is 2. The number of amides is 2. The number of rotatable bonds is 5. The monoisotopic (exact) mass is 290 g/mol. The van der Waals surface area contributed by atoms with Crippen molar-refractivity contribution < 1.29 is 9.90 Å². The van der Waals surface area contributed by atoms with Crippen LogP contribution in [0.4, 0.5) is 4.79 Å². The maximum absolute atomic E-state index is 12.5. The van der Waals surface area contributed by atoms with Crippen LogP contribution in [0, 0.1) is 5.41 Å². The van der Waals surface area contributed by atoms with E-state index in [1.807, 2.05) is 30.3 Å². The first kappa shape index (κ1) is 15.8. The Kier molecular flexibility index (Phi) is 5.23. The van der Waals surface area contributed by atoms with E-state index in [4.69, 9.17) is 0 Å². The quantitative estimate of drug-likeness (QED) is 0.876. The second-order valence-electron chi connectivity index (χ2n) is 6.51. The molecule has 0 aliphatic heterocycles. The molecule has 0 bridgehead atoms. The minimum Gasteiger partial charge on any atom is -0.395 e. The van der Waals surface area contributed by atoms with Gasteiger partial charge in [0.1, 0.15) is 0 Å². The molecular weight excluding hydrogens is 264 g/mol. The Morgan fingerprint density at radius 3 is 2.67 bits per heavy atom. The topological polar surface area (TPSA) is 52.6 Å². The van der Waals surface area contributed by atoms with Gasteiger partial charge >= 0.3 is 6.03 Å². The summed E-state index contributed by atoms with van der Waals surface area (Å²) in [7, 11) is 0. The van der Waals surface area contributed by atoms with E-state index >= 15 is 0 Å². The van der Waals surface area contributed by atoms with Gasteiger partial charge in [0.05, 0.1) is 6.61 Å². The zero-order chi connectivity index (χ0) is 15.3. The Hall–Kier alpha value is -1.55. The first-order chi connectivity index (χ1) is 10.0. The van der Waals surface area contributed by atoms with Gasteiger partial charge < -0.3 is 15.3 Å². The molecule has 1 unspecified atom stereocenters. The second kappa shape index (κ2) is 6.94. The summed E-state index contributed by atoms with van der Waals surface area (Å²) in [5.41, 5.74) is 1.24. The van der Waals surface area contributed by atoms with Gasteiger partial charge in [-0.25, -0.2) is 4.79 Å². The van der Waals surface area contributed by atoms with Crippen molar-refractivity contribution in [1.29, 1.82) is 0 Å². The molecule has 1 fully saturated rings. The van der Waals surface area contributed by atoms with Crippen LogP contribution in [0.15, 0.2) is 30.3 Å². The summed E-state index contributed by atoms with van der Waals surface area (Å²) in [5.74, 6) is 0.